The molecule has 0 bridgehead atoms. The fraction of sp³-hybridized carbons (Fsp3) is 0.650. The molecule has 16 heteroatoms. The molecule has 0 radical (unpaired) electrons. The van der Waals surface area contributed by atoms with Crippen molar-refractivity contribution in [2.45, 2.75) is 64.2 Å². The molecular weight excluding hydrogens is 480 g/mol. The largest absolute Gasteiger partial charge is 0.481 e. The van der Waals surface area contributed by atoms with Gasteiger partial charge in [0.25, 0.3) is 0 Å². The molecule has 36 heavy (non-hydrogen) atoms. The number of nitrogens with two attached hydrogens (primary N) is 3. The van der Waals surface area contributed by atoms with Gasteiger partial charge in [0.05, 0.1) is 12.5 Å². The SMILES string of the molecule is CC(C)[C@H](NC(=O)[C@@H](N)CC(=O)O)C(=O)N[C@@H](CCCN=C(N)N)C(=O)N[C@@H](C)C(=O)NCC(=O)O. The third kappa shape index (κ3) is 13.1. The average Bonchev–Trinajstić information content (AvgIpc) is 2.76. The van der Waals surface area contributed by atoms with Crippen molar-refractivity contribution < 1.29 is 39.0 Å². The second-order valence-corrected chi connectivity index (χ2v) is 8.29. The quantitative estimate of drug-likeness (QED) is 0.0544. The Hall–Kier alpha value is -3.95. The molecule has 0 heterocycles. The summed E-state index contributed by atoms with van der Waals surface area (Å²) in [5.41, 5.74) is 16.1. The van der Waals surface area contributed by atoms with E-state index in [4.69, 9.17) is 27.4 Å². The molecule has 0 aromatic rings. The molecule has 204 valence electrons. The van der Waals surface area contributed by atoms with Crippen molar-refractivity contribution >= 4 is 41.5 Å². The molecule has 0 aliphatic carbocycles. The minimum Gasteiger partial charge on any atom is -0.481 e. The Balaban J connectivity index is 5.47. The molecule has 4 atom stereocenters. The standard InChI is InChI=1S/C20H36N8O8/c1-9(2)15(28-17(34)11(21)7-13(29)30)19(36)27-12(5-4-6-24-20(22)23)18(35)26-10(3)16(33)25-8-14(31)32/h9-12,15H,4-8,21H2,1-3H3,(H,25,33)(H,26,35)(H,27,36)(H,28,34)(H,29,30)(H,31,32)(H4,22,23,24)/t10-,11-,12-,15-/m0/s1. The van der Waals surface area contributed by atoms with E-state index < -0.39 is 78.6 Å². The zero-order chi connectivity index (χ0) is 28.0. The second kappa shape index (κ2) is 15.9. The zero-order valence-electron chi connectivity index (χ0n) is 20.4. The van der Waals surface area contributed by atoms with Crippen LogP contribution in [-0.2, 0) is 28.8 Å². The maximum absolute atomic E-state index is 12.9. The fourth-order valence-electron chi connectivity index (χ4n) is 2.81. The highest BCUT2D eigenvalue weighted by atomic mass is 16.4. The van der Waals surface area contributed by atoms with Crippen LogP contribution >= 0.6 is 0 Å². The highest BCUT2D eigenvalue weighted by Gasteiger charge is 2.31. The van der Waals surface area contributed by atoms with E-state index in [-0.39, 0.29) is 25.3 Å². The number of carboxylic acids is 2. The van der Waals surface area contributed by atoms with Gasteiger partial charge in [-0.2, -0.15) is 0 Å². The van der Waals surface area contributed by atoms with Crippen molar-refractivity contribution in [1.29, 1.82) is 0 Å². The van der Waals surface area contributed by atoms with Gasteiger partial charge in [0.15, 0.2) is 5.96 Å². The number of nitrogens with one attached hydrogen (secondary N) is 4. The predicted octanol–water partition coefficient (Wildman–Crippen LogP) is -3.83. The summed E-state index contributed by atoms with van der Waals surface area (Å²) in [4.78, 5) is 75.2. The Kier molecular flexibility index (Phi) is 14.1. The summed E-state index contributed by atoms with van der Waals surface area (Å²) in [6.45, 7) is 4.07. The number of hydrogen-bond donors (Lipinski definition) is 9. The van der Waals surface area contributed by atoms with E-state index in [0.717, 1.165) is 0 Å². The molecule has 0 aromatic heterocycles. The number of carboxylic acid groups (broad SMARTS) is 2. The summed E-state index contributed by atoms with van der Waals surface area (Å²) < 4.78 is 0. The first kappa shape index (κ1) is 32.0. The first-order chi connectivity index (χ1) is 16.6. The van der Waals surface area contributed by atoms with Crippen LogP contribution < -0.4 is 38.5 Å². The summed E-state index contributed by atoms with van der Waals surface area (Å²) in [5, 5.41) is 26.9. The smallest absolute Gasteiger partial charge is 0.322 e. The number of carbonyl (C=O) groups excluding carboxylic acids is 4. The molecule has 16 nitrogen and oxygen atoms in total. The Bertz CT molecular complexity index is 844. The molecule has 0 spiro atoms. The summed E-state index contributed by atoms with van der Waals surface area (Å²) in [6, 6.07) is -4.84. The Labute approximate surface area is 207 Å². The third-order valence-electron chi connectivity index (χ3n) is 4.72. The fourth-order valence-corrected chi connectivity index (χ4v) is 2.81. The first-order valence-electron chi connectivity index (χ1n) is 11.1. The Morgan fingerprint density at radius 2 is 1.44 bits per heavy atom. The highest BCUT2D eigenvalue weighted by Crippen LogP contribution is 2.06. The van der Waals surface area contributed by atoms with Gasteiger partial charge in [-0.25, -0.2) is 0 Å². The lowest BCUT2D eigenvalue weighted by Gasteiger charge is -2.26. The van der Waals surface area contributed by atoms with Crippen molar-refractivity contribution in [3.05, 3.63) is 0 Å². The number of aliphatic carboxylic acids is 2. The number of hydrogen-bond acceptors (Lipinski definition) is 8. The van der Waals surface area contributed by atoms with Crippen LogP contribution in [0, 0.1) is 5.92 Å². The van der Waals surface area contributed by atoms with E-state index >= 15 is 0 Å². The van der Waals surface area contributed by atoms with Crippen LogP contribution in [0.25, 0.3) is 0 Å². The number of carbonyl (C=O) groups is 6. The van der Waals surface area contributed by atoms with Gasteiger partial charge in [-0.3, -0.25) is 33.8 Å². The molecule has 12 N–H and O–H groups in total. The number of nitrogens with zero attached hydrogens (tertiary/aromatic N) is 1. The molecule has 4 amide bonds. The van der Waals surface area contributed by atoms with Gasteiger partial charge in [-0.1, -0.05) is 13.8 Å². The van der Waals surface area contributed by atoms with Crippen LogP contribution in [-0.4, -0.2) is 89.0 Å². The maximum Gasteiger partial charge on any atom is 0.322 e. The highest BCUT2D eigenvalue weighted by molar-refractivity contribution is 5.95. The van der Waals surface area contributed by atoms with E-state index in [1.807, 2.05) is 0 Å². The van der Waals surface area contributed by atoms with Crippen molar-refractivity contribution in [3.8, 4) is 0 Å². The summed E-state index contributed by atoms with van der Waals surface area (Å²) >= 11 is 0. The van der Waals surface area contributed by atoms with Crippen molar-refractivity contribution in [1.82, 2.24) is 21.3 Å². The topological polar surface area (TPSA) is 281 Å². The van der Waals surface area contributed by atoms with Crippen molar-refractivity contribution in [2.24, 2.45) is 28.1 Å². The lowest BCUT2D eigenvalue weighted by Crippen LogP contribution is -2.58. The minimum atomic E-state index is -1.39. The second-order valence-electron chi connectivity index (χ2n) is 8.29. The molecule has 0 fully saturated rings. The number of rotatable bonds is 16. The summed E-state index contributed by atoms with van der Waals surface area (Å²) in [6.07, 6.45) is -0.330. The van der Waals surface area contributed by atoms with E-state index in [9.17, 15) is 28.8 Å². The lowest BCUT2D eigenvalue weighted by molar-refractivity contribution is -0.140. The van der Waals surface area contributed by atoms with Gasteiger partial charge >= 0.3 is 11.9 Å². The van der Waals surface area contributed by atoms with Crippen LogP contribution in [0.15, 0.2) is 4.99 Å². The van der Waals surface area contributed by atoms with E-state index in [0.29, 0.717) is 0 Å². The predicted molar refractivity (Wildman–Crippen MR) is 127 cm³/mol. The Morgan fingerprint density at radius 3 is 1.94 bits per heavy atom. The van der Waals surface area contributed by atoms with Gasteiger partial charge in [-0.05, 0) is 25.7 Å². The number of guanidine groups is 1. The minimum absolute atomic E-state index is 0.0507. The third-order valence-corrected chi connectivity index (χ3v) is 4.72. The van der Waals surface area contributed by atoms with E-state index in [2.05, 4.69) is 26.3 Å². The van der Waals surface area contributed by atoms with Gasteiger partial charge in [0.2, 0.25) is 23.6 Å². The number of amides is 4. The van der Waals surface area contributed by atoms with Crippen molar-refractivity contribution in [2.75, 3.05) is 13.1 Å². The lowest BCUT2D eigenvalue weighted by atomic mass is 10.0. The van der Waals surface area contributed by atoms with Gasteiger partial charge < -0.3 is 48.7 Å². The van der Waals surface area contributed by atoms with Crippen LogP contribution in [0.2, 0.25) is 0 Å². The first-order valence-corrected chi connectivity index (χ1v) is 11.1. The summed E-state index contributed by atoms with van der Waals surface area (Å²) in [7, 11) is 0. The molecule has 0 saturated carbocycles. The van der Waals surface area contributed by atoms with Gasteiger partial charge in [-0.15, -0.1) is 0 Å². The van der Waals surface area contributed by atoms with E-state index in [1.54, 1.807) is 13.8 Å². The van der Waals surface area contributed by atoms with E-state index in [1.165, 1.54) is 6.92 Å². The molecule has 0 aliphatic rings. The van der Waals surface area contributed by atoms with Crippen LogP contribution in [0.4, 0.5) is 0 Å². The van der Waals surface area contributed by atoms with Gasteiger partial charge in [0, 0.05) is 6.54 Å². The molecule has 0 rings (SSSR count). The Morgan fingerprint density at radius 1 is 0.833 bits per heavy atom. The van der Waals surface area contributed by atoms with Crippen LogP contribution in [0.3, 0.4) is 0 Å². The average molecular weight is 517 g/mol. The van der Waals surface area contributed by atoms with Crippen molar-refractivity contribution in [3.63, 3.8) is 0 Å². The summed E-state index contributed by atoms with van der Waals surface area (Å²) in [5.74, 6) is -6.28. The maximum atomic E-state index is 12.9. The molecule has 0 saturated heterocycles. The van der Waals surface area contributed by atoms with Crippen LogP contribution in [0.1, 0.15) is 40.0 Å². The molecule has 0 unspecified atom stereocenters. The molecule has 0 aromatic carbocycles. The van der Waals surface area contributed by atoms with Gasteiger partial charge in [0.1, 0.15) is 24.7 Å². The zero-order valence-corrected chi connectivity index (χ0v) is 20.4. The molecule has 0 aliphatic heterocycles. The monoisotopic (exact) mass is 516 g/mol. The number of aliphatic imine (C=N–C) groups is 1. The molecular formula is C20H36N8O8. The van der Waals surface area contributed by atoms with Crippen LogP contribution in [0.5, 0.6) is 0 Å². The normalized spacial score (nSPS) is 13.9.